The van der Waals surface area contributed by atoms with Gasteiger partial charge in [-0.15, -0.1) is 0 Å². The molecule has 0 aliphatic rings. The highest BCUT2D eigenvalue weighted by molar-refractivity contribution is 5.98. The quantitative estimate of drug-likeness (QED) is 0.261. The molecular formula is C28H38N2O9. The Balaban J connectivity index is 2.10. The third-order valence-electron chi connectivity index (χ3n) is 5.73. The highest BCUT2D eigenvalue weighted by Crippen LogP contribution is 2.29. The van der Waals surface area contributed by atoms with Crippen molar-refractivity contribution in [3.05, 3.63) is 48.3 Å². The highest BCUT2D eigenvalue weighted by atomic mass is 16.7. The minimum atomic E-state index is -1.04. The average Bonchev–Trinajstić information content (AvgIpc) is 2.93. The van der Waals surface area contributed by atoms with Crippen LogP contribution >= 0.6 is 0 Å². The number of amides is 1. The van der Waals surface area contributed by atoms with Gasteiger partial charge in [-0.05, 0) is 32.4 Å². The maximum absolute atomic E-state index is 13.0. The monoisotopic (exact) mass is 546 g/mol. The predicted octanol–water partition coefficient (Wildman–Crippen LogP) is 3.55. The summed E-state index contributed by atoms with van der Waals surface area (Å²) in [7, 11) is 2.96. The number of carbonyl (C=O) groups excluding carboxylic acids is 3. The molecule has 0 saturated heterocycles. The fourth-order valence-corrected chi connectivity index (χ4v) is 3.55. The summed E-state index contributed by atoms with van der Waals surface area (Å²) >= 11 is 0. The van der Waals surface area contributed by atoms with Crippen molar-refractivity contribution in [2.45, 2.75) is 65.4 Å². The molecule has 0 aliphatic carbocycles. The minimum absolute atomic E-state index is 0.0369. The van der Waals surface area contributed by atoms with E-state index in [0.717, 1.165) is 0 Å². The molecule has 0 saturated carbocycles. The van der Waals surface area contributed by atoms with Crippen LogP contribution in [0, 0.1) is 5.92 Å². The van der Waals surface area contributed by atoms with Crippen LogP contribution in [0.1, 0.15) is 51.5 Å². The first-order chi connectivity index (χ1) is 18.6. The van der Waals surface area contributed by atoms with Gasteiger partial charge in [-0.3, -0.25) is 9.59 Å². The second kappa shape index (κ2) is 15.5. The van der Waals surface area contributed by atoms with Gasteiger partial charge in [-0.25, -0.2) is 9.78 Å². The van der Waals surface area contributed by atoms with E-state index < -0.39 is 42.9 Å². The predicted molar refractivity (Wildman–Crippen MR) is 142 cm³/mol. The Morgan fingerprint density at radius 3 is 2.26 bits per heavy atom. The molecule has 0 bridgehead atoms. The van der Waals surface area contributed by atoms with E-state index in [1.807, 2.05) is 25.1 Å². The standard InChI is InChI=1S/C28H38N2O9/c1-8-21(34-6)24(39-20-12-10-9-11-13-20)19(5)38-28(33)18(4)30-26(31)23-25(22(35-7)14-15-29-23)36-16-37-27(32)17(2)3/h9-15,17-19,21,24H,8,16H2,1-7H3,(H,30,31)/t18-,19-,21-,24-/m0/s1. The number of nitrogens with one attached hydrogen (secondary N) is 1. The van der Waals surface area contributed by atoms with Crippen LogP contribution in [0.4, 0.5) is 0 Å². The van der Waals surface area contributed by atoms with Crippen molar-refractivity contribution in [2.75, 3.05) is 21.0 Å². The number of carbonyl (C=O) groups is 3. The van der Waals surface area contributed by atoms with E-state index >= 15 is 0 Å². The van der Waals surface area contributed by atoms with Crippen LogP contribution in [-0.4, -0.2) is 68.2 Å². The van der Waals surface area contributed by atoms with Crippen LogP contribution in [0.2, 0.25) is 0 Å². The van der Waals surface area contributed by atoms with Crippen molar-refractivity contribution >= 4 is 17.8 Å². The topological polar surface area (TPSA) is 132 Å². The first-order valence-electron chi connectivity index (χ1n) is 12.7. The maximum atomic E-state index is 13.0. The third kappa shape index (κ3) is 9.13. The summed E-state index contributed by atoms with van der Waals surface area (Å²) in [5, 5.41) is 2.56. The fraction of sp³-hybridized carbons (Fsp3) is 0.500. The Hall–Kier alpha value is -3.86. The largest absolute Gasteiger partial charge is 0.493 e. The Kier molecular flexibility index (Phi) is 12.5. The molecule has 1 aromatic carbocycles. The van der Waals surface area contributed by atoms with E-state index in [9.17, 15) is 14.4 Å². The Morgan fingerprint density at radius 2 is 1.67 bits per heavy atom. The van der Waals surface area contributed by atoms with Crippen molar-refractivity contribution in [1.82, 2.24) is 10.3 Å². The molecule has 0 fully saturated rings. The summed E-state index contributed by atoms with van der Waals surface area (Å²) in [5.74, 6) is -1.44. The van der Waals surface area contributed by atoms with Crippen LogP contribution in [-0.2, 0) is 23.8 Å². The minimum Gasteiger partial charge on any atom is -0.493 e. The van der Waals surface area contributed by atoms with Gasteiger partial charge in [0.05, 0.1) is 19.1 Å². The molecule has 1 aromatic heterocycles. The molecule has 1 amide bonds. The number of para-hydroxylation sites is 1. The molecule has 2 aromatic rings. The zero-order valence-corrected chi connectivity index (χ0v) is 23.5. The molecule has 11 heteroatoms. The average molecular weight is 547 g/mol. The third-order valence-corrected chi connectivity index (χ3v) is 5.73. The Labute approximate surface area is 229 Å². The van der Waals surface area contributed by atoms with Gasteiger partial charge >= 0.3 is 11.9 Å². The van der Waals surface area contributed by atoms with Crippen LogP contribution in [0.5, 0.6) is 17.2 Å². The smallest absolute Gasteiger partial charge is 0.328 e. The van der Waals surface area contributed by atoms with Crippen LogP contribution in [0.15, 0.2) is 42.6 Å². The Morgan fingerprint density at radius 1 is 0.974 bits per heavy atom. The molecule has 2 rings (SSSR count). The molecule has 11 nitrogen and oxygen atoms in total. The number of ether oxygens (including phenoxy) is 6. The molecule has 39 heavy (non-hydrogen) atoms. The van der Waals surface area contributed by atoms with Crippen molar-refractivity contribution in [3.8, 4) is 17.2 Å². The first-order valence-corrected chi connectivity index (χ1v) is 12.7. The number of nitrogens with zero attached hydrogens (tertiary/aromatic N) is 1. The number of aromatic nitrogens is 1. The van der Waals surface area contributed by atoms with Crippen LogP contribution in [0.3, 0.4) is 0 Å². The summed E-state index contributed by atoms with van der Waals surface area (Å²) in [6, 6.07) is 9.60. The van der Waals surface area contributed by atoms with Crippen molar-refractivity contribution < 1.29 is 42.8 Å². The van der Waals surface area contributed by atoms with E-state index in [0.29, 0.717) is 12.2 Å². The summed E-state index contributed by atoms with van der Waals surface area (Å²) in [5.41, 5.74) is -0.154. The molecular weight excluding hydrogens is 508 g/mol. The van der Waals surface area contributed by atoms with E-state index in [2.05, 4.69) is 10.3 Å². The van der Waals surface area contributed by atoms with E-state index in [1.54, 1.807) is 40.0 Å². The van der Waals surface area contributed by atoms with Gasteiger partial charge in [0.15, 0.2) is 23.3 Å². The van der Waals surface area contributed by atoms with Crippen molar-refractivity contribution in [2.24, 2.45) is 5.92 Å². The van der Waals surface area contributed by atoms with Gasteiger partial charge in [0.1, 0.15) is 17.9 Å². The van der Waals surface area contributed by atoms with Gasteiger partial charge in [-0.2, -0.15) is 0 Å². The van der Waals surface area contributed by atoms with E-state index in [4.69, 9.17) is 28.4 Å². The molecule has 0 unspecified atom stereocenters. The Bertz CT molecular complexity index is 1070. The molecule has 0 spiro atoms. The lowest BCUT2D eigenvalue weighted by molar-refractivity contribution is -0.159. The fourth-order valence-electron chi connectivity index (χ4n) is 3.55. The number of hydrogen-bond acceptors (Lipinski definition) is 10. The maximum Gasteiger partial charge on any atom is 0.328 e. The summed E-state index contributed by atoms with van der Waals surface area (Å²) < 4.78 is 33.1. The molecule has 4 atom stereocenters. The van der Waals surface area contributed by atoms with Crippen molar-refractivity contribution in [1.29, 1.82) is 0 Å². The number of methoxy groups -OCH3 is 2. The van der Waals surface area contributed by atoms with E-state index in [-0.39, 0.29) is 29.2 Å². The van der Waals surface area contributed by atoms with E-state index in [1.165, 1.54) is 26.3 Å². The molecule has 1 N–H and O–H groups in total. The lowest BCUT2D eigenvalue weighted by atomic mass is 10.1. The SMILES string of the molecule is CC[C@H](OC)[C@@H](Oc1ccccc1)[C@H](C)OC(=O)[C@H](C)NC(=O)c1nccc(OC)c1OCOC(=O)C(C)C. The zero-order valence-electron chi connectivity index (χ0n) is 23.5. The lowest BCUT2D eigenvalue weighted by Gasteiger charge is -2.31. The first kappa shape index (κ1) is 31.4. The highest BCUT2D eigenvalue weighted by Gasteiger charge is 2.32. The van der Waals surface area contributed by atoms with Gasteiger partial charge < -0.3 is 33.7 Å². The van der Waals surface area contributed by atoms with Crippen LogP contribution in [0.25, 0.3) is 0 Å². The van der Waals surface area contributed by atoms with Gasteiger partial charge in [-0.1, -0.05) is 39.0 Å². The summed E-state index contributed by atoms with van der Waals surface area (Å²) in [6.07, 6.45) is 0.337. The molecule has 0 aliphatic heterocycles. The van der Waals surface area contributed by atoms with Gasteiger partial charge in [0.25, 0.3) is 5.91 Å². The number of pyridine rings is 1. The summed E-state index contributed by atoms with van der Waals surface area (Å²) in [4.78, 5) is 41.8. The number of hydrogen-bond donors (Lipinski definition) is 1. The summed E-state index contributed by atoms with van der Waals surface area (Å²) in [6.45, 7) is 8.04. The molecule has 214 valence electrons. The van der Waals surface area contributed by atoms with Gasteiger partial charge in [0.2, 0.25) is 6.79 Å². The van der Waals surface area contributed by atoms with Crippen LogP contribution < -0.4 is 19.5 Å². The zero-order chi connectivity index (χ0) is 28.9. The molecule has 1 heterocycles. The normalized spacial score (nSPS) is 13.9. The van der Waals surface area contributed by atoms with Gasteiger partial charge in [0, 0.05) is 19.4 Å². The number of esters is 2. The lowest BCUT2D eigenvalue weighted by Crippen LogP contribution is -2.47. The molecule has 0 radical (unpaired) electrons. The second-order valence-corrected chi connectivity index (χ2v) is 8.99. The van der Waals surface area contributed by atoms with Crippen molar-refractivity contribution in [3.63, 3.8) is 0 Å². The number of benzene rings is 1. The number of rotatable bonds is 15. The second-order valence-electron chi connectivity index (χ2n) is 8.99.